The zero-order chi connectivity index (χ0) is 38.0. The van der Waals surface area contributed by atoms with Crippen LogP contribution < -0.4 is 0 Å². The molecule has 10 N–H and O–H groups in total. The van der Waals surface area contributed by atoms with E-state index in [4.69, 9.17) is 9.47 Å². The van der Waals surface area contributed by atoms with Gasteiger partial charge in [-0.3, -0.25) is 9.59 Å². The third-order valence-corrected chi connectivity index (χ3v) is 8.85. The maximum absolute atomic E-state index is 14.0. The largest absolute Gasteiger partial charge is 0.504 e. The van der Waals surface area contributed by atoms with Crippen molar-refractivity contribution in [3.05, 3.63) is 95.1 Å². The Morgan fingerprint density at radius 2 is 0.769 bits per heavy atom. The predicted octanol–water partition coefficient (Wildman–Crippen LogP) is 2.92. The van der Waals surface area contributed by atoms with Gasteiger partial charge in [-0.1, -0.05) is 24.3 Å². The third kappa shape index (κ3) is 7.50. The van der Waals surface area contributed by atoms with Gasteiger partial charge in [0.25, 0.3) is 0 Å². The Kier molecular flexibility index (Phi) is 10.2. The van der Waals surface area contributed by atoms with Crippen LogP contribution >= 0.6 is 0 Å². The topological polar surface area (TPSA) is 289 Å². The van der Waals surface area contributed by atoms with Crippen molar-refractivity contribution in [2.24, 2.45) is 11.8 Å². The molecule has 0 aromatic heterocycles. The summed E-state index contributed by atoms with van der Waals surface area (Å²) in [5.74, 6) is -15.9. The number of carboxylic acid groups (broad SMARTS) is 2. The number of hydrogen-bond donors (Lipinski definition) is 10. The van der Waals surface area contributed by atoms with E-state index in [1.165, 1.54) is 24.3 Å². The molecule has 5 rings (SSSR count). The molecule has 0 unspecified atom stereocenters. The summed E-state index contributed by atoms with van der Waals surface area (Å²) in [7, 11) is 0. The molecule has 16 nitrogen and oxygen atoms in total. The summed E-state index contributed by atoms with van der Waals surface area (Å²) in [6.45, 7) is 0. The standard InChI is InChI=1S/C36H32O16/c37-19-5-1-15(9-23(19)41)11-27(33(45)46)51-35(49)31-29(17-3-7-21(39)25(43)13-17)30(18-4-8-22(40)26(44)14-18)32(31)36(50)52-28(34(47)48)12-16-2-6-20(38)24(42)10-16/h1-10,13-14,27-32,37-44H,11-12H2,(H,45,46)(H,47,48)/t27-,28-,29+,30+,31+,32+/m0/s1. The van der Waals surface area contributed by atoms with Crippen LogP contribution in [0.4, 0.5) is 0 Å². The van der Waals surface area contributed by atoms with E-state index in [2.05, 4.69) is 0 Å². The van der Waals surface area contributed by atoms with Crippen molar-refractivity contribution in [3.8, 4) is 46.0 Å². The summed E-state index contributed by atoms with van der Waals surface area (Å²) in [4.78, 5) is 52.6. The highest BCUT2D eigenvalue weighted by Crippen LogP contribution is 2.60. The van der Waals surface area contributed by atoms with Gasteiger partial charge in [0.15, 0.2) is 46.0 Å². The van der Waals surface area contributed by atoms with Crippen LogP contribution in [0, 0.1) is 11.8 Å². The van der Waals surface area contributed by atoms with Gasteiger partial charge in [0.1, 0.15) is 0 Å². The highest BCUT2D eigenvalue weighted by Gasteiger charge is 2.60. The van der Waals surface area contributed by atoms with Crippen LogP contribution in [0.15, 0.2) is 72.8 Å². The lowest BCUT2D eigenvalue weighted by Crippen LogP contribution is -2.54. The number of ether oxygens (including phenoxy) is 2. The molecular formula is C36H32O16. The van der Waals surface area contributed by atoms with Crippen molar-refractivity contribution in [3.63, 3.8) is 0 Å². The van der Waals surface area contributed by atoms with Crippen molar-refractivity contribution in [1.82, 2.24) is 0 Å². The number of carbonyl (C=O) groups excluding carboxylic acids is 2. The Hall–Kier alpha value is -6.84. The number of aromatic hydroxyl groups is 8. The lowest BCUT2D eigenvalue weighted by molar-refractivity contribution is -0.184. The molecule has 4 aromatic carbocycles. The maximum Gasteiger partial charge on any atom is 0.345 e. The molecule has 16 heteroatoms. The van der Waals surface area contributed by atoms with Gasteiger partial charge in [0, 0.05) is 24.7 Å². The number of esters is 2. The van der Waals surface area contributed by atoms with E-state index >= 15 is 0 Å². The van der Waals surface area contributed by atoms with Gasteiger partial charge in [0.2, 0.25) is 12.2 Å². The minimum atomic E-state index is -1.91. The zero-order valence-corrected chi connectivity index (χ0v) is 26.7. The molecule has 4 aromatic rings. The fraction of sp³-hybridized carbons (Fsp3) is 0.222. The number of hydrogen-bond acceptors (Lipinski definition) is 14. The molecule has 272 valence electrons. The van der Waals surface area contributed by atoms with Gasteiger partial charge in [0.05, 0.1) is 11.8 Å². The number of benzene rings is 4. The van der Waals surface area contributed by atoms with E-state index in [1.807, 2.05) is 0 Å². The zero-order valence-electron chi connectivity index (χ0n) is 26.7. The SMILES string of the molecule is O=C(O[C@@H](Cc1ccc(O)c(O)c1)C(=O)O)[C@H]1[C@H](C(=O)O[C@@H](Cc2ccc(O)c(O)c2)C(=O)O)[C@H](c2ccc(O)c(O)c2)[C@H]1c1ccc(O)c(O)c1. The van der Waals surface area contributed by atoms with E-state index in [0.29, 0.717) is 0 Å². The summed E-state index contributed by atoms with van der Waals surface area (Å²) in [5, 5.41) is 99.6. The molecular weight excluding hydrogens is 688 g/mol. The quantitative estimate of drug-likeness (QED) is 0.0743. The molecule has 0 heterocycles. The second-order valence-corrected chi connectivity index (χ2v) is 12.2. The van der Waals surface area contributed by atoms with Crippen molar-refractivity contribution in [1.29, 1.82) is 0 Å². The van der Waals surface area contributed by atoms with Crippen molar-refractivity contribution >= 4 is 23.9 Å². The summed E-state index contributed by atoms with van der Waals surface area (Å²) in [6, 6.07) is 13.8. The molecule has 0 saturated heterocycles. The lowest BCUT2D eigenvalue weighted by atomic mass is 9.52. The Bertz CT molecular complexity index is 1900. The van der Waals surface area contributed by atoms with Gasteiger partial charge in [-0.05, 0) is 70.8 Å². The number of phenolic OH excluding ortho intramolecular Hbond substituents is 8. The minimum absolute atomic E-state index is 0.128. The Labute approximate surface area is 293 Å². The van der Waals surface area contributed by atoms with Crippen LogP contribution in [-0.4, -0.2) is 87.2 Å². The van der Waals surface area contributed by atoms with E-state index in [0.717, 1.165) is 48.5 Å². The molecule has 1 aliphatic carbocycles. The first-order valence-electron chi connectivity index (χ1n) is 15.5. The normalized spacial score (nSPS) is 19.1. The van der Waals surface area contributed by atoms with E-state index in [1.54, 1.807) is 0 Å². The first kappa shape index (κ1) is 36.4. The van der Waals surface area contributed by atoms with Gasteiger partial charge in [-0.25, -0.2) is 9.59 Å². The van der Waals surface area contributed by atoms with Crippen LogP contribution in [0.1, 0.15) is 34.1 Å². The second-order valence-electron chi connectivity index (χ2n) is 12.2. The summed E-state index contributed by atoms with van der Waals surface area (Å²) >= 11 is 0. The highest BCUT2D eigenvalue weighted by atomic mass is 16.6. The first-order valence-corrected chi connectivity index (χ1v) is 15.5. The van der Waals surface area contributed by atoms with Crippen LogP contribution in [0.5, 0.6) is 46.0 Å². The molecule has 0 amide bonds. The molecule has 0 spiro atoms. The molecule has 0 radical (unpaired) electrons. The summed E-state index contributed by atoms with van der Waals surface area (Å²) in [5.41, 5.74) is 0.538. The number of aliphatic carboxylic acids is 2. The Morgan fingerprint density at radius 1 is 0.462 bits per heavy atom. The summed E-state index contributed by atoms with van der Waals surface area (Å²) in [6.07, 6.45) is -4.82. The molecule has 0 aliphatic heterocycles. The van der Waals surface area contributed by atoms with E-state index in [-0.39, 0.29) is 22.3 Å². The van der Waals surface area contributed by atoms with Crippen molar-refractivity contribution in [2.75, 3.05) is 0 Å². The van der Waals surface area contributed by atoms with Gasteiger partial charge in [-0.15, -0.1) is 0 Å². The average molecular weight is 721 g/mol. The molecule has 1 aliphatic rings. The summed E-state index contributed by atoms with van der Waals surface area (Å²) < 4.78 is 10.8. The average Bonchev–Trinajstić information content (AvgIpc) is 3.06. The molecule has 0 bridgehead atoms. The van der Waals surface area contributed by atoms with Gasteiger partial charge < -0.3 is 60.5 Å². The molecule has 1 fully saturated rings. The van der Waals surface area contributed by atoms with Crippen LogP contribution in [0.3, 0.4) is 0 Å². The van der Waals surface area contributed by atoms with Crippen LogP contribution in [0.2, 0.25) is 0 Å². The predicted molar refractivity (Wildman–Crippen MR) is 174 cm³/mol. The number of carboxylic acids is 2. The Balaban J connectivity index is 1.56. The molecule has 1 saturated carbocycles. The third-order valence-electron chi connectivity index (χ3n) is 8.85. The van der Waals surface area contributed by atoms with Gasteiger partial charge >= 0.3 is 23.9 Å². The van der Waals surface area contributed by atoms with Crippen LogP contribution in [0.25, 0.3) is 0 Å². The second kappa shape index (κ2) is 14.6. The smallest absolute Gasteiger partial charge is 0.345 e. The fourth-order valence-corrected chi connectivity index (χ4v) is 6.28. The molecule has 6 atom stereocenters. The maximum atomic E-state index is 14.0. The number of rotatable bonds is 12. The fourth-order valence-electron chi connectivity index (χ4n) is 6.28. The van der Waals surface area contributed by atoms with Crippen molar-refractivity contribution < 1.29 is 79.7 Å². The van der Waals surface area contributed by atoms with Crippen molar-refractivity contribution in [2.45, 2.75) is 36.9 Å². The number of phenols is 8. The van der Waals surface area contributed by atoms with Crippen LogP contribution in [-0.2, 0) is 41.5 Å². The molecule has 52 heavy (non-hydrogen) atoms. The first-order chi connectivity index (χ1) is 24.5. The highest BCUT2D eigenvalue weighted by molar-refractivity contribution is 5.90. The lowest BCUT2D eigenvalue weighted by Gasteiger charge is -2.50. The minimum Gasteiger partial charge on any atom is -0.504 e. The van der Waals surface area contributed by atoms with E-state index in [9.17, 15) is 70.2 Å². The van der Waals surface area contributed by atoms with Gasteiger partial charge in [-0.2, -0.15) is 0 Å². The Morgan fingerprint density at radius 3 is 1.06 bits per heavy atom. The number of carbonyl (C=O) groups is 4. The monoisotopic (exact) mass is 720 g/mol. The van der Waals surface area contributed by atoms with E-state index < -0.39 is 119 Å².